The standard InChI is InChI=1S/C35H46FN5O9S/c1-34(2,3)50-32(45)37-27-13-8-6-4-5-7-11-22-17-35(22,31(44)39-51(47,48)24-14-15-24)38-29(42)28-16-23(19-41(28)30(27)43)49-33(46)40-18-21-10-9-12-26(36)25(21)20-40/h7,9-12,22-24,27-28H,4-6,8,13-20H2,1-3H3,(H,37,45)(H,38,42)(H,39,44)/t22?,23?,27?,28?,35-/m1/s1. The van der Waals surface area contributed by atoms with E-state index in [4.69, 9.17) is 9.47 Å². The van der Waals surface area contributed by atoms with Gasteiger partial charge in [0.25, 0.3) is 5.91 Å². The molecule has 51 heavy (non-hydrogen) atoms. The van der Waals surface area contributed by atoms with Gasteiger partial charge >= 0.3 is 12.2 Å². The van der Waals surface area contributed by atoms with Crippen molar-refractivity contribution in [3.05, 3.63) is 47.3 Å². The Balaban J connectivity index is 1.25. The van der Waals surface area contributed by atoms with E-state index in [0.29, 0.717) is 36.8 Å². The molecule has 2 aliphatic carbocycles. The molecule has 0 bridgehead atoms. The van der Waals surface area contributed by atoms with Crippen LogP contribution in [0.25, 0.3) is 0 Å². The first kappa shape index (κ1) is 36.6. The minimum absolute atomic E-state index is 0.00168. The van der Waals surface area contributed by atoms with E-state index in [0.717, 1.165) is 12.8 Å². The number of hydrogen-bond acceptors (Lipinski definition) is 9. The van der Waals surface area contributed by atoms with Crippen LogP contribution in [0.5, 0.6) is 0 Å². The Hall–Kier alpha value is -4.21. The molecule has 1 aromatic carbocycles. The fourth-order valence-electron chi connectivity index (χ4n) is 7.02. The topological polar surface area (TPSA) is 181 Å². The summed E-state index contributed by atoms with van der Waals surface area (Å²) in [5, 5.41) is 4.79. The maximum atomic E-state index is 14.4. The quantitative estimate of drug-likeness (QED) is 0.384. The van der Waals surface area contributed by atoms with E-state index in [-0.39, 0.29) is 38.9 Å². The van der Waals surface area contributed by atoms with Crippen LogP contribution in [0.2, 0.25) is 0 Å². The van der Waals surface area contributed by atoms with Gasteiger partial charge in [-0.05, 0) is 70.9 Å². The monoisotopic (exact) mass is 731 g/mol. The molecule has 1 aromatic rings. The summed E-state index contributed by atoms with van der Waals surface area (Å²) >= 11 is 0. The largest absolute Gasteiger partial charge is 0.444 e. The summed E-state index contributed by atoms with van der Waals surface area (Å²) in [7, 11) is -3.92. The Morgan fingerprint density at radius 1 is 1.06 bits per heavy atom. The maximum Gasteiger partial charge on any atom is 0.410 e. The molecular formula is C35H46FN5O9S. The highest BCUT2D eigenvalue weighted by Gasteiger charge is 2.62. The number of alkyl carbamates (subject to hydrolysis) is 1. The van der Waals surface area contributed by atoms with Crippen LogP contribution >= 0.6 is 0 Å². The van der Waals surface area contributed by atoms with Gasteiger partial charge in [0, 0.05) is 24.4 Å². The smallest absolute Gasteiger partial charge is 0.410 e. The van der Waals surface area contributed by atoms with Gasteiger partial charge in [-0.2, -0.15) is 0 Å². The third-order valence-electron chi connectivity index (χ3n) is 9.99. The number of fused-ring (bicyclic) bond motifs is 3. The van der Waals surface area contributed by atoms with E-state index in [1.54, 1.807) is 32.9 Å². The number of hydrogen-bond donors (Lipinski definition) is 3. The number of amides is 5. The van der Waals surface area contributed by atoms with Crippen LogP contribution in [0.1, 0.15) is 89.7 Å². The molecule has 3 heterocycles. The zero-order chi connectivity index (χ0) is 36.7. The first-order valence-electron chi connectivity index (χ1n) is 17.6. The molecule has 3 N–H and O–H groups in total. The highest BCUT2D eigenvalue weighted by atomic mass is 32.2. The summed E-state index contributed by atoms with van der Waals surface area (Å²) in [6.07, 6.45) is 5.10. The lowest BCUT2D eigenvalue weighted by Crippen LogP contribution is -2.58. The SMILES string of the molecule is CC(C)(C)OC(=O)NC1CCCCCC=CC2C[C@@]2(C(=O)NS(=O)(=O)C2CC2)NC(=O)C2CC(OC(=O)N3Cc4cccc(F)c4C3)CN2C1=O. The predicted molar refractivity (Wildman–Crippen MR) is 180 cm³/mol. The molecule has 6 rings (SSSR count). The van der Waals surface area contributed by atoms with Gasteiger partial charge in [0.2, 0.25) is 21.8 Å². The molecule has 5 aliphatic rings. The van der Waals surface area contributed by atoms with Crippen LogP contribution in [0.3, 0.4) is 0 Å². The summed E-state index contributed by atoms with van der Waals surface area (Å²) in [5.41, 5.74) is -1.36. The molecule has 16 heteroatoms. The number of rotatable bonds is 5. The molecule has 5 amide bonds. The van der Waals surface area contributed by atoms with Crippen molar-refractivity contribution >= 4 is 39.9 Å². The number of carbonyl (C=O) groups excluding carboxylic acids is 5. The van der Waals surface area contributed by atoms with E-state index in [2.05, 4.69) is 15.4 Å². The molecule has 4 unspecified atom stereocenters. The van der Waals surface area contributed by atoms with E-state index in [9.17, 15) is 36.8 Å². The second-order valence-electron chi connectivity index (χ2n) is 15.2. The van der Waals surface area contributed by atoms with E-state index < -0.39 is 86.2 Å². The number of halogens is 1. The fourth-order valence-corrected chi connectivity index (χ4v) is 8.39. The number of benzene rings is 1. The molecule has 14 nitrogen and oxygen atoms in total. The molecule has 278 valence electrons. The molecule has 5 atom stereocenters. The highest BCUT2D eigenvalue weighted by molar-refractivity contribution is 7.91. The lowest BCUT2D eigenvalue weighted by Gasteiger charge is -2.30. The Kier molecular flexibility index (Phi) is 10.1. The number of sulfonamides is 1. The number of carbonyl (C=O) groups is 5. The number of ether oxygens (including phenoxy) is 2. The minimum atomic E-state index is -3.92. The summed E-state index contributed by atoms with van der Waals surface area (Å²) in [6.45, 7) is 5.01. The number of allylic oxidation sites excluding steroid dienone is 1. The van der Waals surface area contributed by atoms with E-state index in [1.165, 1.54) is 15.9 Å². The van der Waals surface area contributed by atoms with Gasteiger partial charge in [-0.1, -0.05) is 37.1 Å². The molecular weight excluding hydrogens is 685 g/mol. The van der Waals surface area contributed by atoms with Crippen molar-refractivity contribution in [1.29, 1.82) is 0 Å². The summed E-state index contributed by atoms with van der Waals surface area (Å²) in [4.78, 5) is 70.8. The first-order chi connectivity index (χ1) is 24.1. The van der Waals surface area contributed by atoms with Crippen LogP contribution in [-0.2, 0) is 47.0 Å². The average molecular weight is 732 g/mol. The maximum absolute atomic E-state index is 14.4. The molecule has 1 saturated heterocycles. The Bertz CT molecular complexity index is 1730. The molecule has 0 radical (unpaired) electrons. The Morgan fingerprint density at radius 3 is 2.53 bits per heavy atom. The Labute approximate surface area is 296 Å². The lowest BCUT2D eigenvalue weighted by molar-refractivity contribution is -0.141. The fraction of sp³-hybridized carbons (Fsp3) is 0.629. The first-order valence-corrected chi connectivity index (χ1v) is 19.2. The minimum Gasteiger partial charge on any atom is -0.444 e. The van der Waals surface area contributed by atoms with Crippen LogP contribution in [0.15, 0.2) is 30.4 Å². The molecule has 0 aromatic heterocycles. The normalized spacial score (nSPS) is 28.3. The molecule has 2 saturated carbocycles. The van der Waals surface area contributed by atoms with Crippen molar-refractivity contribution in [3.8, 4) is 0 Å². The van der Waals surface area contributed by atoms with E-state index >= 15 is 0 Å². The van der Waals surface area contributed by atoms with Crippen molar-refractivity contribution in [2.75, 3.05) is 6.54 Å². The second kappa shape index (κ2) is 14.1. The Morgan fingerprint density at radius 2 is 1.82 bits per heavy atom. The highest BCUT2D eigenvalue weighted by Crippen LogP contribution is 2.46. The van der Waals surface area contributed by atoms with Gasteiger partial charge in [0.05, 0.1) is 18.3 Å². The second-order valence-corrected chi connectivity index (χ2v) is 17.2. The third kappa shape index (κ3) is 8.31. The van der Waals surface area contributed by atoms with Gasteiger partial charge in [0.15, 0.2) is 0 Å². The summed E-state index contributed by atoms with van der Waals surface area (Å²) < 4.78 is 53.3. The van der Waals surface area contributed by atoms with Crippen LogP contribution in [-0.4, -0.2) is 89.2 Å². The van der Waals surface area contributed by atoms with Crippen molar-refractivity contribution in [1.82, 2.24) is 25.2 Å². The number of nitrogens with one attached hydrogen (secondary N) is 3. The van der Waals surface area contributed by atoms with Gasteiger partial charge in [-0.3, -0.25) is 24.0 Å². The number of nitrogens with zero attached hydrogens (tertiary/aromatic N) is 2. The summed E-state index contributed by atoms with van der Waals surface area (Å²) in [6, 6.07) is 2.30. The van der Waals surface area contributed by atoms with Crippen LogP contribution in [0, 0.1) is 11.7 Å². The van der Waals surface area contributed by atoms with Crippen molar-refractivity contribution in [2.45, 2.75) is 126 Å². The van der Waals surface area contributed by atoms with E-state index in [1.807, 2.05) is 12.2 Å². The molecule has 3 fully saturated rings. The molecule has 3 aliphatic heterocycles. The van der Waals surface area contributed by atoms with Crippen LogP contribution in [0.4, 0.5) is 14.0 Å². The van der Waals surface area contributed by atoms with Gasteiger partial charge in [0.1, 0.15) is 35.1 Å². The zero-order valence-electron chi connectivity index (χ0n) is 29.1. The van der Waals surface area contributed by atoms with Gasteiger partial charge in [-0.15, -0.1) is 0 Å². The van der Waals surface area contributed by atoms with Crippen LogP contribution < -0.4 is 15.4 Å². The van der Waals surface area contributed by atoms with Crippen molar-refractivity contribution in [3.63, 3.8) is 0 Å². The molecule has 0 spiro atoms. The van der Waals surface area contributed by atoms with Crippen molar-refractivity contribution < 1.29 is 46.3 Å². The zero-order valence-corrected chi connectivity index (χ0v) is 29.9. The predicted octanol–water partition coefficient (Wildman–Crippen LogP) is 3.14. The van der Waals surface area contributed by atoms with Gasteiger partial charge in [-0.25, -0.2) is 22.4 Å². The lowest BCUT2D eigenvalue weighted by atomic mass is 10.0. The summed E-state index contributed by atoms with van der Waals surface area (Å²) in [5.74, 6) is -3.06. The third-order valence-corrected chi connectivity index (χ3v) is 11.8. The van der Waals surface area contributed by atoms with Gasteiger partial charge < -0.3 is 25.0 Å². The van der Waals surface area contributed by atoms with Crippen molar-refractivity contribution in [2.24, 2.45) is 5.92 Å². The average Bonchev–Trinajstić information content (AvgIpc) is 3.93.